The lowest BCUT2D eigenvalue weighted by molar-refractivity contribution is -0.151. The van der Waals surface area contributed by atoms with E-state index in [0.717, 1.165) is 10.1 Å². The van der Waals surface area contributed by atoms with Gasteiger partial charge in [0.15, 0.2) is 11.6 Å². The third-order valence-electron chi connectivity index (χ3n) is 9.25. The molecule has 3 heterocycles. The number of hydrogen-bond donors (Lipinski definition) is 1. The van der Waals surface area contributed by atoms with Crippen LogP contribution in [0.5, 0.6) is 0 Å². The molecule has 3 aliphatic rings. The van der Waals surface area contributed by atoms with Gasteiger partial charge in [0.1, 0.15) is 18.1 Å². The fourth-order valence-corrected chi connectivity index (χ4v) is 6.93. The van der Waals surface area contributed by atoms with Crippen LogP contribution in [0, 0.1) is 10.8 Å². The highest BCUT2D eigenvalue weighted by molar-refractivity contribution is 6.17. The summed E-state index contributed by atoms with van der Waals surface area (Å²) in [5, 5.41) is 9.68. The Morgan fingerprint density at radius 3 is 2.29 bits per heavy atom. The van der Waals surface area contributed by atoms with Crippen LogP contribution in [0.1, 0.15) is 57.6 Å². The van der Waals surface area contributed by atoms with Crippen molar-refractivity contribution >= 4 is 11.6 Å². The number of Topliss-reactive ketones (excluding diaryl/α,β-unsaturated/α-hetero) is 2. The third kappa shape index (κ3) is 2.85. The SMILES string of the molecule is CC1=C(C)C(=O)[C@@]2(C)[C@@H](c3ccc(CO)o3)C3=CCn4c(=O)n(-c5ccccc5)c(=O)n4[C@@H]3C[C@@]2(C)C1=O. The first kappa shape index (κ1) is 24.4. The van der Waals surface area contributed by atoms with Gasteiger partial charge in [-0.15, -0.1) is 0 Å². The van der Waals surface area contributed by atoms with Crippen LogP contribution in [0.15, 0.2) is 79.3 Å². The highest BCUT2D eigenvalue weighted by Crippen LogP contribution is 2.66. The van der Waals surface area contributed by atoms with E-state index < -0.39 is 34.2 Å². The fourth-order valence-electron chi connectivity index (χ4n) is 6.93. The molecular weight excluding hydrogens is 486 g/mol. The Balaban J connectivity index is 1.63. The van der Waals surface area contributed by atoms with Crippen molar-refractivity contribution in [2.45, 2.75) is 59.2 Å². The average molecular weight is 516 g/mol. The Morgan fingerprint density at radius 2 is 1.63 bits per heavy atom. The average Bonchev–Trinajstić information content (AvgIpc) is 3.49. The van der Waals surface area contributed by atoms with E-state index >= 15 is 0 Å². The number of allylic oxidation sites excluding steroid dienone is 4. The number of hydrogen-bond acceptors (Lipinski definition) is 6. The molecule has 196 valence electrons. The molecule has 38 heavy (non-hydrogen) atoms. The van der Waals surface area contributed by atoms with E-state index in [9.17, 15) is 24.3 Å². The second-order valence-electron chi connectivity index (χ2n) is 10.9. The van der Waals surface area contributed by atoms with E-state index in [2.05, 4.69) is 0 Å². The van der Waals surface area contributed by atoms with E-state index in [1.807, 2.05) is 19.1 Å². The van der Waals surface area contributed by atoms with Gasteiger partial charge in [-0.3, -0.25) is 9.59 Å². The third-order valence-corrected chi connectivity index (χ3v) is 9.25. The summed E-state index contributed by atoms with van der Waals surface area (Å²) in [5.41, 5.74) is -1.30. The molecule has 3 aromatic rings. The molecule has 0 radical (unpaired) electrons. The summed E-state index contributed by atoms with van der Waals surface area (Å²) in [7, 11) is 0. The second kappa shape index (κ2) is 8.01. The first-order valence-electron chi connectivity index (χ1n) is 12.7. The minimum Gasteiger partial charge on any atom is -0.463 e. The van der Waals surface area contributed by atoms with E-state index in [-0.39, 0.29) is 31.1 Å². The van der Waals surface area contributed by atoms with E-state index in [1.165, 1.54) is 9.36 Å². The number of carbonyl (C=O) groups is 2. The van der Waals surface area contributed by atoms with Gasteiger partial charge in [-0.1, -0.05) is 38.1 Å². The van der Waals surface area contributed by atoms with Gasteiger partial charge in [0.25, 0.3) is 0 Å². The molecule has 4 atom stereocenters. The summed E-state index contributed by atoms with van der Waals surface area (Å²) >= 11 is 0. The summed E-state index contributed by atoms with van der Waals surface area (Å²) in [4.78, 5) is 55.4. The first-order chi connectivity index (χ1) is 18.1. The number of furan rings is 1. The van der Waals surface area contributed by atoms with E-state index in [4.69, 9.17) is 4.42 Å². The van der Waals surface area contributed by atoms with Crippen molar-refractivity contribution in [3.05, 3.63) is 97.7 Å². The summed E-state index contributed by atoms with van der Waals surface area (Å²) in [6.45, 7) is 6.78. The first-order valence-corrected chi connectivity index (χ1v) is 12.7. The molecule has 0 spiro atoms. The zero-order chi connectivity index (χ0) is 27.1. The number of nitrogens with zero attached hydrogens (tertiary/aromatic N) is 3. The standard InChI is InChI=1S/C29H29N3O6/c1-16-17(2)25(35)29(4)23(22-11-10-19(15-33)38-22)20-12-13-30-26(36)31(18-8-6-5-7-9-18)27(37)32(30)21(20)14-28(29,3)24(16)34/h5-12,21,23,33H,13-15H2,1-4H3/t21-,23-,28+,29-/m1/s1. The predicted molar refractivity (Wildman–Crippen MR) is 138 cm³/mol. The summed E-state index contributed by atoms with van der Waals surface area (Å²) in [6, 6.07) is 11.5. The van der Waals surface area contributed by atoms with Crippen molar-refractivity contribution in [2.24, 2.45) is 10.8 Å². The fraction of sp³-hybridized carbons (Fsp3) is 0.379. The van der Waals surface area contributed by atoms with Gasteiger partial charge in [-0.2, -0.15) is 0 Å². The zero-order valence-corrected chi connectivity index (χ0v) is 21.7. The van der Waals surface area contributed by atoms with E-state index in [1.54, 1.807) is 57.2 Å². The summed E-state index contributed by atoms with van der Waals surface area (Å²) in [6.07, 6.45) is 2.06. The number of carbonyl (C=O) groups excluding carboxylic acids is 2. The topological polar surface area (TPSA) is 116 Å². The van der Waals surface area contributed by atoms with Crippen LogP contribution >= 0.6 is 0 Å². The maximum Gasteiger partial charge on any atom is 0.352 e. The number of benzene rings is 1. The van der Waals surface area contributed by atoms with Crippen molar-refractivity contribution < 1.29 is 19.1 Å². The summed E-state index contributed by atoms with van der Waals surface area (Å²) < 4.78 is 9.99. The molecule has 6 rings (SSSR count). The lowest BCUT2D eigenvalue weighted by atomic mass is 9.44. The maximum atomic E-state index is 14.1. The Bertz CT molecular complexity index is 1700. The van der Waals surface area contributed by atoms with Crippen molar-refractivity contribution in [2.75, 3.05) is 0 Å². The number of aliphatic hydroxyl groups is 1. The molecule has 1 N–H and O–H groups in total. The van der Waals surface area contributed by atoms with Crippen LogP contribution in [-0.4, -0.2) is 30.6 Å². The molecular formula is C29H29N3O6. The maximum absolute atomic E-state index is 14.1. The molecule has 1 aromatic carbocycles. The quantitative estimate of drug-likeness (QED) is 0.536. The minimum absolute atomic E-state index is 0.132. The molecule has 0 saturated heterocycles. The number of aromatic nitrogens is 3. The number of ketones is 2. The van der Waals surface area contributed by atoms with Gasteiger partial charge in [-0.05, 0) is 61.3 Å². The van der Waals surface area contributed by atoms with Gasteiger partial charge in [0, 0.05) is 5.41 Å². The second-order valence-corrected chi connectivity index (χ2v) is 10.9. The van der Waals surface area contributed by atoms with Gasteiger partial charge < -0.3 is 9.52 Å². The van der Waals surface area contributed by atoms with Crippen LogP contribution in [-0.2, 0) is 22.7 Å². The smallest absolute Gasteiger partial charge is 0.352 e. The lowest BCUT2D eigenvalue weighted by Gasteiger charge is -2.57. The van der Waals surface area contributed by atoms with Crippen molar-refractivity contribution in [1.82, 2.24) is 13.9 Å². The Morgan fingerprint density at radius 1 is 0.947 bits per heavy atom. The van der Waals surface area contributed by atoms with Crippen LogP contribution in [0.2, 0.25) is 0 Å². The molecule has 1 saturated carbocycles. The predicted octanol–water partition coefficient (Wildman–Crippen LogP) is 3.06. The number of rotatable bonds is 3. The number of fused-ring (bicyclic) bond motifs is 4. The largest absolute Gasteiger partial charge is 0.463 e. The van der Waals surface area contributed by atoms with Crippen molar-refractivity contribution in [3.8, 4) is 5.69 Å². The van der Waals surface area contributed by atoms with Crippen LogP contribution in [0.4, 0.5) is 0 Å². The normalized spacial score (nSPS) is 28.6. The monoisotopic (exact) mass is 515 g/mol. The molecule has 1 fully saturated rings. The van der Waals surface area contributed by atoms with Crippen molar-refractivity contribution in [1.29, 1.82) is 0 Å². The Kier molecular flexibility index (Phi) is 5.13. The van der Waals surface area contributed by atoms with Gasteiger partial charge in [0.2, 0.25) is 0 Å². The van der Waals surface area contributed by atoms with E-state index in [0.29, 0.717) is 28.4 Å². The van der Waals surface area contributed by atoms with Gasteiger partial charge >= 0.3 is 11.4 Å². The molecule has 2 aromatic heterocycles. The van der Waals surface area contributed by atoms with Crippen LogP contribution < -0.4 is 11.4 Å². The van der Waals surface area contributed by atoms with Crippen molar-refractivity contribution in [3.63, 3.8) is 0 Å². The van der Waals surface area contributed by atoms with Crippen LogP contribution in [0.25, 0.3) is 5.69 Å². The number of aliphatic hydroxyl groups excluding tert-OH is 1. The molecule has 2 aliphatic carbocycles. The molecule has 9 nitrogen and oxygen atoms in total. The lowest BCUT2D eigenvalue weighted by Crippen LogP contribution is -2.61. The Labute approximate surface area is 218 Å². The highest BCUT2D eigenvalue weighted by atomic mass is 16.4. The highest BCUT2D eigenvalue weighted by Gasteiger charge is 2.67. The molecule has 0 bridgehead atoms. The van der Waals surface area contributed by atoms with Gasteiger partial charge in [-0.25, -0.2) is 23.5 Å². The number of para-hydroxylation sites is 1. The minimum atomic E-state index is -1.20. The van der Waals surface area contributed by atoms with Gasteiger partial charge in [0.05, 0.1) is 29.6 Å². The van der Waals surface area contributed by atoms with Crippen LogP contribution in [0.3, 0.4) is 0 Å². The molecule has 0 unspecified atom stereocenters. The summed E-state index contributed by atoms with van der Waals surface area (Å²) in [5.74, 6) is -0.183. The molecule has 0 amide bonds. The zero-order valence-electron chi connectivity index (χ0n) is 21.7. The Hall–Kier alpha value is -3.98. The molecule has 1 aliphatic heterocycles. The molecule has 9 heteroatoms.